The highest BCUT2D eigenvalue weighted by molar-refractivity contribution is 4.96. The van der Waals surface area contributed by atoms with E-state index in [1.807, 2.05) is 0 Å². The molecule has 0 aromatic carbocycles. The second-order valence-corrected chi connectivity index (χ2v) is 7.33. The fourth-order valence-corrected chi connectivity index (χ4v) is 4.29. The Bertz CT molecular complexity index is 496. The maximum Gasteiger partial charge on any atom is 0.187 e. The van der Waals surface area contributed by atoms with E-state index in [1.54, 1.807) is 56.9 Å². The lowest BCUT2D eigenvalue weighted by Gasteiger charge is -2.49. The predicted octanol–water partition coefficient (Wildman–Crippen LogP) is -0.164. The van der Waals surface area contributed by atoms with Gasteiger partial charge in [0.15, 0.2) is 12.6 Å². The van der Waals surface area contributed by atoms with Gasteiger partial charge in [-0.2, -0.15) is 0 Å². The van der Waals surface area contributed by atoms with Gasteiger partial charge in [0.05, 0.1) is 13.2 Å². The number of methoxy groups -OCH3 is 8. The van der Waals surface area contributed by atoms with Crippen molar-refractivity contribution in [1.82, 2.24) is 0 Å². The van der Waals surface area contributed by atoms with Gasteiger partial charge in [0.25, 0.3) is 0 Å². The van der Waals surface area contributed by atoms with Gasteiger partial charge in [-0.1, -0.05) is 0 Å². The van der Waals surface area contributed by atoms with E-state index in [0.29, 0.717) is 0 Å². The largest absolute Gasteiger partial charge is 0.382 e. The zero-order valence-electron chi connectivity index (χ0n) is 19.7. The summed E-state index contributed by atoms with van der Waals surface area (Å²) in [4.78, 5) is 0. The molecule has 0 aliphatic carbocycles. The third-order valence-electron chi connectivity index (χ3n) is 5.73. The number of hydrogen-bond donors (Lipinski definition) is 0. The standard InChI is InChI=1S/C20H38O11/c1-21-9-11-13(23-3)15(24-4)18(27-7)20(30-11)31-14-12(10-22-2)29-19(28-8)17(26-6)16(14)25-5/h11-20H,9-10H2,1-8H3/t11-,12-,13+,14+,15-,16+,17+,18+,19-,20-/m0/s1. The molecule has 0 amide bonds. The Kier molecular flexibility index (Phi) is 11.5. The van der Waals surface area contributed by atoms with Crippen molar-refractivity contribution in [2.24, 2.45) is 0 Å². The molecule has 11 heteroatoms. The molecule has 2 rings (SSSR count). The van der Waals surface area contributed by atoms with Crippen LogP contribution in [0.25, 0.3) is 0 Å². The number of hydrogen-bond acceptors (Lipinski definition) is 11. The van der Waals surface area contributed by atoms with Crippen LogP contribution in [0.3, 0.4) is 0 Å². The molecule has 184 valence electrons. The Morgan fingerprint density at radius 1 is 0.452 bits per heavy atom. The van der Waals surface area contributed by atoms with Gasteiger partial charge >= 0.3 is 0 Å². The summed E-state index contributed by atoms with van der Waals surface area (Å²) in [6.45, 7) is 0.540. The van der Waals surface area contributed by atoms with E-state index in [9.17, 15) is 0 Å². The second-order valence-electron chi connectivity index (χ2n) is 7.33. The van der Waals surface area contributed by atoms with Crippen molar-refractivity contribution < 1.29 is 52.1 Å². The van der Waals surface area contributed by atoms with Gasteiger partial charge in [0.2, 0.25) is 0 Å². The van der Waals surface area contributed by atoms with Crippen LogP contribution in [0.4, 0.5) is 0 Å². The zero-order chi connectivity index (χ0) is 23.0. The molecule has 2 saturated heterocycles. The van der Waals surface area contributed by atoms with Crippen LogP contribution in [0.15, 0.2) is 0 Å². The molecular weight excluding hydrogens is 416 g/mol. The highest BCUT2D eigenvalue weighted by Crippen LogP contribution is 2.33. The molecule has 31 heavy (non-hydrogen) atoms. The summed E-state index contributed by atoms with van der Waals surface area (Å²) in [5.41, 5.74) is 0. The Balaban J connectivity index is 2.32. The van der Waals surface area contributed by atoms with E-state index in [1.165, 1.54) is 0 Å². The van der Waals surface area contributed by atoms with Gasteiger partial charge < -0.3 is 52.1 Å². The first kappa shape index (κ1) is 26.8. The summed E-state index contributed by atoms with van der Waals surface area (Å²) >= 11 is 0. The molecular formula is C20H38O11. The third-order valence-corrected chi connectivity index (χ3v) is 5.73. The van der Waals surface area contributed by atoms with Crippen molar-refractivity contribution in [3.05, 3.63) is 0 Å². The van der Waals surface area contributed by atoms with Crippen LogP contribution < -0.4 is 0 Å². The average molecular weight is 455 g/mol. The summed E-state index contributed by atoms with van der Waals surface area (Å²) in [5.74, 6) is 0. The minimum Gasteiger partial charge on any atom is -0.382 e. The lowest BCUT2D eigenvalue weighted by atomic mass is 9.96. The predicted molar refractivity (Wildman–Crippen MR) is 107 cm³/mol. The van der Waals surface area contributed by atoms with E-state index in [4.69, 9.17) is 52.1 Å². The summed E-state index contributed by atoms with van der Waals surface area (Å²) in [7, 11) is 12.6. The van der Waals surface area contributed by atoms with E-state index in [2.05, 4.69) is 0 Å². The van der Waals surface area contributed by atoms with Crippen LogP contribution in [0.1, 0.15) is 0 Å². The van der Waals surface area contributed by atoms with Gasteiger partial charge in [-0.25, -0.2) is 0 Å². The fraction of sp³-hybridized carbons (Fsp3) is 1.00. The van der Waals surface area contributed by atoms with Crippen LogP contribution in [0.2, 0.25) is 0 Å². The molecule has 0 radical (unpaired) electrons. The van der Waals surface area contributed by atoms with Gasteiger partial charge in [-0.15, -0.1) is 0 Å². The molecule has 0 spiro atoms. The van der Waals surface area contributed by atoms with Gasteiger partial charge in [-0.3, -0.25) is 0 Å². The van der Waals surface area contributed by atoms with E-state index >= 15 is 0 Å². The molecule has 2 heterocycles. The van der Waals surface area contributed by atoms with Crippen LogP contribution in [-0.2, 0) is 52.1 Å². The lowest BCUT2D eigenvalue weighted by Crippen LogP contribution is -2.66. The molecule has 0 saturated carbocycles. The summed E-state index contributed by atoms with van der Waals surface area (Å²) in [6, 6.07) is 0. The number of ether oxygens (including phenoxy) is 11. The highest BCUT2D eigenvalue weighted by atomic mass is 16.8. The van der Waals surface area contributed by atoms with E-state index < -0.39 is 61.4 Å². The van der Waals surface area contributed by atoms with E-state index in [-0.39, 0.29) is 13.2 Å². The smallest absolute Gasteiger partial charge is 0.187 e. The molecule has 0 bridgehead atoms. The SMILES string of the molecule is COC[C@@H]1O[C@@H](O[C@H]2[C@@H](OC)[C@@H](OC)[C@@H](OC)O[C@H]2COC)[C@H](OC)[C@@H](OC)[C@@H]1OC. The molecule has 2 fully saturated rings. The van der Waals surface area contributed by atoms with Crippen molar-refractivity contribution in [2.45, 2.75) is 61.4 Å². The molecule has 10 atom stereocenters. The summed E-state index contributed by atoms with van der Waals surface area (Å²) in [6.07, 6.45) is -5.50. The molecule has 2 aliphatic heterocycles. The lowest BCUT2D eigenvalue weighted by molar-refractivity contribution is -0.365. The highest BCUT2D eigenvalue weighted by Gasteiger charge is 2.53. The van der Waals surface area contributed by atoms with Crippen LogP contribution in [-0.4, -0.2) is 132 Å². The molecule has 2 aliphatic rings. The Hall–Kier alpha value is -0.440. The number of rotatable bonds is 12. The second kappa shape index (κ2) is 13.3. The molecule has 11 nitrogen and oxygen atoms in total. The first-order chi connectivity index (χ1) is 15.0. The van der Waals surface area contributed by atoms with Gasteiger partial charge in [0, 0.05) is 56.9 Å². The first-order valence-corrected chi connectivity index (χ1v) is 10.2. The van der Waals surface area contributed by atoms with Crippen LogP contribution >= 0.6 is 0 Å². The van der Waals surface area contributed by atoms with Gasteiger partial charge in [0.1, 0.15) is 48.8 Å². The van der Waals surface area contributed by atoms with Crippen molar-refractivity contribution in [3.63, 3.8) is 0 Å². The van der Waals surface area contributed by atoms with Crippen molar-refractivity contribution in [3.8, 4) is 0 Å². The van der Waals surface area contributed by atoms with Gasteiger partial charge in [-0.05, 0) is 0 Å². The van der Waals surface area contributed by atoms with Crippen molar-refractivity contribution in [1.29, 1.82) is 0 Å². The molecule has 0 aromatic heterocycles. The maximum atomic E-state index is 6.43. The van der Waals surface area contributed by atoms with Crippen LogP contribution in [0, 0.1) is 0 Å². The quantitative estimate of drug-likeness (QED) is 0.393. The topological polar surface area (TPSA) is 102 Å². The maximum absolute atomic E-state index is 6.43. The zero-order valence-corrected chi connectivity index (χ0v) is 19.7. The summed E-state index contributed by atoms with van der Waals surface area (Å²) in [5, 5.41) is 0. The minimum absolute atomic E-state index is 0.251. The molecule has 0 aromatic rings. The molecule has 0 unspecified atom stereocenters. The average Bonchev–Trinajstić information content (AvgIpc) is 2.79. The summed E-state index contributed by atoms with van der Waals surface area (Å²) < 4.78 is 63.2. The monoisotopic (exact) mass is 454 g/mol. The van der Waals surface area contributed by atoms with E-state index in [0.717, 1.165) is 0 Å². The Morgan fingerprint density at radius 2 is 0.871 bits per heavy atom. The Labute approximate surface area is 184 Å². The van der Waals surface area contributed by atoms with Crippen LogP contribution in [0.5, 0.6) is 0 Å². The fourth-order valence-electron chi connectivity index (χ4n) is 4.29. The first-order valence-electron chi connectivity index (χ1n) is 10.2. The Morgan fingerprint density at radius 3 is 1.32 bits per heavy atom. The minimum atomic E-state index is -0.816. The van der Waals surface area contributed by atoms with Crippen molar-refractivity contribution in [2.75, 3.05) is 70.1 Å². The normalized spacial score (nSPS) is 41.4. The molecule has 0 N–H and O–H groups in total. The third kappa shape index (κ3) is 5.92. The van der Waals surface area contributed by atoms with Crippen molar-refractivity contribution >= 4 is 0 Å².